The lowest BCUT2D eigenvalue weighted by Gasteiger charge is -2.22. The van der Waals surface area contributed by atoms with Gasteiger partial charge in [0.1, 0.15) is 0 Å². The summed E-state index contributed by atoms with van der Waals surface area (Å²) in [6.07, 6.45) is 0. The van der Waals surface area contributed by atoms with Gasteiger partial charge in [0.05, 0.1) is 5.41 Å². The third-order valence-corrected chi connectivity index (χ3v) is 2.89. The summed E-state index contributed by atoms with van der Waals surface area (Å²) in [4.78, 5) is 22.9. The van der Waals surface area contributed by atoms with E-state index in [1.165, 1.54) is 0 Å². The zero-order valence-corrected chi connectivity index (χ0v) is 12.6. The Morgan fingerprint density at radius 3 is 1.90 bits per heavy atom. The number of amides is 2. The number of carboxylic acids is 1. The van der Waals surface area contributed by atoms with Gasteiger partial charge in [-0.15, -0.1) is 0 Å². The van der Waals surface area contributed by atoms with Crippen LogP contribution in [0.4, 0.5) is 10.5 Å². The summed E-state index contributed by atoms with van der Waals surface area (Å²) in [5, 5.41) is 14.7. The number of aliphatic carboxylic acids is 1. The van der Waals surface area contributed by atoms with Gasteiger partial charge < -0.3 is 15.7 Å². The van der Waals surface area contributed by atoms with Crippen LogP contribution in [0, 0.1) is 0 Å². The molecule has 3 N–H and O–H groups in total. The highest BCUT2D eigenvalue weighted by molar-refractivity contribution is 5.89. The molecule has 5 heteroatoms. The number of rotatable bonds is 3. The van der Waals surface area contributed by atoms with Crippen molar-refractivity contribution in [2.24, 2.45) is 0 Å². The fraction of sp³-hybridized carbons (Fsp3) is 0.467. The molecule has 1 rings (SSSR count). The summed E-state index contributed by atoms with van der Waals surface area (Å²) in [6.45, 7) is 8.97. The minimum Gasteiger partial charge on any atom is -0.481 e. The molecule has 0 heterocycles. The number of carbonyl (C=O) groups is 2. The van der Waals surface area contributed by atoms with E-state index < -0.39 is 11.4 Å². The third kappa shape index (κ3) is 4.26. The van der Waals surface area contributed by atoms with Crippen molar-refractivity contribution in [1.29, 1.82) is 0 Å². The normalized spacial score (nSPS) is 11.8. The molecule has 5 nitrogen and oxygen atoms in total. The molecule has 0 saturated carbocycles. The topological polar surface area (TPSA) is 78.4 Å². The van der Waals surface area contributed by atoms with Crippen LogP contribution in [0.5, 0.6) is 0 Å². The first-order valence-corrected chi connectivity index (χ1v) is 6.45. The highest BCUT2D eigenvalue weighted by Gasteiger charge is 2.29. The number of nitrogens with one attached hydrogen (secondary N) is 2. The summed E-state index contributed by atoms with van der Waals surface area (Å²) in [5.74, 6) is -0.885. The standard InChI is InChI=1S/C15H22N2O3/c1-14(2,3)17-13(20)16-11-8-6-10(7-9-11)15(4,5)12(18)19/h6-9H,1-5H3,(H,18,19)(H2,16,17,20). The van der Waals surface area contributed by atoms with Crippen LogP contribution in [0.15, 0.2) is 24.3 Å². The molecule has 1 aromatic rings. The third-order valence-electron chi connectivity index (χ3n) is 2.89. The predicted octanol–water partition coefficient (Wildman–Crippen LogP) is 2.97. The van der Waals surface area contributed by atoms with Crippen molar-refractivity contribution in [3.05, 3.63) is 29.8 Å². The number of benzene rings is 1. The lowest BCUT2D eigenvalue weighted by atomic mass is 9.85. The molecule has 2 amide bonds. The second-order valence-corrected chi connectivity index (χ2v) is 6.34. The van der Waals surface area contributed by atoms with E-state index in [1.807, 2.05) is 20.8 Å². The summed E-state index contributed by atoms with van der Waals surface area (Å²) >= 11 is 0. The van der Waals surface area contributed by atoms with Gasteiger partial charge in [-0.2, -0.15) is 0 Å². The smallest absolute Gasteiger partial charge is 0.319 e. The van der Waals surface area contributed by atoms with Crippen LogP contribution in [-0.2, 0) is 10.2 Å². The second-order valence-electron chi connectivity index (χ2n) is 6.34. The first-order chi connectivity index (χ1) is 9.02. The largest absolute Gasteiger partial charge is 0.481 e. The van der Waals surface area contributed by atoms with E-state index >= 15 is 0 Å². The Bertz CT molecular complexity index is 499. The van der Waals surface area contributed by atoms with Crippen LogP contribution in [0.25, 0.3) is 0 Å². The molecule has 0 unspecified atom stereocenters. The van der Waals surface area contributed by atoms with Crippen molar-refractivity contribution in [2.75, 3.05) is 5.32 Å². The average Bonchev–Trinajstić information content (AvgIpc) is 2.26. The number of hydrogen-bond donors (Lipinski definition) is 3. The fourth-order valence-electron chi connectivity index (χ4n) is 1.60. The zero-order valence-electron chi connectivity index (χ0n) is 12.6. The minimum atomic E-state index is -0.952. The lowest BCUT2D eigenvalue weighted by Crippen LogP contribution is -2.43. The van der Waals surface area contributed by atoms with Crippen LogP contribution < -0.4 is 10.6 Å². The molecule has 0 spiro atoms. The van der Waals surface area contributed by atoms with Gasteiger partial charge in [-0.3, -0.25) is 4.79 Å². The molecule has 0 aliphatic rings. The number of urea groups is 1. The Kier molecular flexibility index (Phi) is 4.43. The Morgan fingerprint density at radius 2 is 1.50 bits per heavy atom. The van der Waals surface area contributed by atoms with Gasteiger partial charge in [0.2, 0.25) is 0 Å². The van der Waals surface area contributed by atoms with Crippen molar-refractivity contribution in [3.8, 4) is 0 Å². The number of anilines is 1. The molecule has 0 aromatic heterocycles. The van der Waals surface area contributed by atoms with E-state index in [1.54, 1.807) is 38.1 Å². The Hall–Kier alpha value is -2.04. The van der Waals surface area contributed by atoms with Gasteiger partial charge in [-0.1, -0.05) is 12.1 Å². The lowest BCUT2D eigenvalue weighted by molar-refractivity contribution is -0.142. The first-order valence-electron chi connectivity index (χ1n) is 6.45. The fourth-order valence-corrected chi connectivity index (χ4v) is 1.60. The quantitative estimate of drug-likeness (QED) is 0.795. The van der Waals surface area contributed by atoms with E-state index in [0.717, 1.165) is 0 Å². The van der Waals surface area contributed by atoms with Crippen molar-refractivity contribution >= 4 is 17.7 Å². The molecule has 0 radical (unpaired) electrons. The van der Waals surface area contributed by atoms with Crippen molar-refractivity contribution in [2.45, 2.75) is 45.6 Å². The van der Waals surface area contributed by atoms with Crippen LogP contribution in [0.3, 0.4) is 0 Å². The summed E-state index contributed by atoms with van der Waals surface area (Å²) in [6, 6.07) is 6.52. The average molecular weight is 278 g/mol. The van der Waals surface area contributed by atoms with E-state index in [2.05, 4.69) is 10.6 Å². The number of hydrogen-bond acceptors (Lipinski definition) is 2. The molecule has 0 atom stereocenters. The molecular weight excluding hydrogens is 256 g/mol. The molecule has 0 aliphatic heterocycles. The minimum absolute atomic E-state index is 0.289. The monoisotopic (exact) mass is 278 g/mol. The SMILES string of the molecule is CC(C)(C)NC(=O)Nc1ccc(C(C)(C)C(=O)O)cc1. The second kappa shape index (κ2) is 5.53. The Labute approximate surface area is 119 Å². The molecule has 1 aromatic carbocycles. The van der Waals surface area contributed by atoms with Crippen LogP contribution in [-0.4, -0.2) is 22.6 Å². The van der Waals surface area contributed by atoms with Gasteiger partial charge >= 0.3 is 12.0 Å². The molecule has 0 fully saturated rings. The molecule has 0 bridgehead atoms. The van der Waals surface area contributed by atoms with Gasteiger partial charge in [0, 0.05) is 11.2 Å². The Balaban J connectivity index is 2.78. The van der Waals surface area contributed by atoms with Gasteiger partial charge in [0.25, 0.3) is 0 Å². The predicted molar refractivity (Wildman–Crippen MR) is 79.0 cm³/mol. The van der Waals surface area contributed by atoms with Gasteiger partial charge in [0.15, 0.2) is 0 Å². The van der Waals surface area contributed by atoms with E-state index in [0.29, 0.717) is 11.3 Å². The zero-order chi connectivity index (χ0) is 15.6. The van der Waals surface area contributed by atoms with Crippen molar-refractivity contribution < 1.29 is 14.7 Å². The van der Waals surface area contributed by atoms with Gasteiger partial charge in [-0.05, 0) is 52.3 Å². The highest BCUT2D eigenvalue weighted by Crippen LogP contribution is 2.24. The van der Waals surface area contributed by atoms with Crippen LogP contribution >= 0.6 is 0 Å². The molecular formula is C15H22N2O3. The van der Waals surface area contributed by atoms with Crippen LogP contribution in [0.1, 0.15) is 40.2 Å². The summed E-state index contributed by atoms with van der Waals surface area (Å²) in [5.41, 5.74) is 0.0464. The number of carbonyl (C=O) groups excluding carboxylic acids is 1. The Morgan fingerprint density at radius 1 is 1.00 bits per heavy atom. The van der Waals surface area contributed by atoms with Gasteiger partial charge in [-0.25, -0.2) is 4.79 Å². The van der Waals surface area contributed by atoms with E-state index in [4.69, 9.17) is 5.11 Å². The first kappa shape index (κ1) is 16.0. The maximum atomic E-state index is 11.7. The van der Waals surface area contributed by atoms with E-state index in [9.17, 15) is 9.59 Å². The maximum absolute atomic E-state index is 11.7. The van der Waals surface area contributed by atoms with E-state index in [-0.39, 0.29) is 11.6 Å². The van der Waals surface area contributed by atoms with Crippen molar-refractivity contribution in [1.82, 2.24) is 5.32 Å². The number of carboxylic acid groups (broad SMARTS) is 1. The molecule has 20 heavy (non-hydrogen) atoms. The molecule has 0 saturated heterocycles. The maximum Gasteiger partial charge on any atom is 0.319 e. The molecule has 110 valence electrons. The van der Waals surface area contributed by atoms with Crippen LogP contribution in [0.2, 0.25) is 0 Å². The highest BCUT2D eigenvalue weighted by atomic mass is 16.4. The summed E-state index contributed by atoms with van der Waals surface area (Å²) < 4.78 is 0. The summed E-state index contributed by atoms with van der Waals surface area (Å²) in [7, 11) is 0. The van der Waals surface area contributed by atoms with Crippen molar-refractivity contribution in [3.63, 3.8) is 0 Å². The molecule has 0 aliphatic carbocycles.